The van der Waals surface area contributed by atoms with E-state index in [2.05, 4.69) is 15.4 Å². The number of fused-ring (bicyclic) bond motifs is 2. The highest BCUT2D eigenvalue weighted by Gasteiger charge is 2.47. The Bertz CT molecular complexity index is 935. The second kappa shape index (κ2) is 6.05. The molecule has 2 aliphatic rings. The van der Waals surface area contributed by atoms with Gasteiger partial charge in [0.05, 0.1) is 29.4 Å². The van der Waals surface area contributed by atoms with Crippen molar-refractivity contribution < 1.29 is 14.4 Å². The van der Waals surface area contributed by atoms with Crippen molar-refractivity contribution in [1.29, 1.82) is 0 Å². The van der Waals surface area contributed by atoms with Crippen LogP contribution in [0.5, 0.6) is 0 Å². The van der Waals surface area contributed by atoms with Gasteiger partial charge < -0.3 is 5.32 Å². The lowest BCUT2D eigenvalue weighted by atomic mass is 9.85. The summed E-state index contributed by atoms with van der Waals surface area (Å²) in [5.41, 5.74) is 2.05. The summed E-state index contributed by atoms with van der Waals surface area (Å²) in [7, 11) is 1.81. The Balaban J connectivity index is 1.48. The van der Waals surface area contributed by atoms with Crippen LogP contribution in [0.2, 0.25) is 0 Å². The molecule has 8 heteroatoms. The third-order valence-electron chi connectivity index (χ3n) is 5.05. The molecule has 3 heterocycles. The number of nitrogens with zero attached hydrogens (tertiary/aromatic N) is 4. The minimum atomic E-state index is -0.416. The SMILES string of the molecule is Cc1nn(C)c2ncc(NC(=O)CN3C(=O)C4CC=CCC4C3=O)cc12. The van der Waals surface area contributed by atoms with Crippen LogP contribution < -0.4 is 5.32 Å². The molecule has 2 atom stereocenters. The van der Waals surface area contributed by atoms with Gasteiger partial charge in [-0.3, -0.25) is 24.0 Å². The van der Waals surface area contributed by atoms with Gasteiger partial charge in [0, 0.05) is 12.4 Å². The third kappa shape index (κ3) is 2.58. The molecule has 2 unspecified atom stereocenters. The smallest absolute Gasteiger partial charge is 0.244 e. The lowest BCUT2D eigenvalue weighted by Gasteiger charge is -2.14. The van der Waals surface area contributed by atoms with Gasteiger partial charge in [-0.1, -0.05) is 12.2 Å². The number of hydrogen-bond donors (Lipinski definition) is 1. The van der Waals surface area contributed by atoms with Crippen LogP contribution in [0, 0.1) is 18.8 Å². The predicted molar refractivity (Wildman–Crippen MR) is 93.9 cm³/mol. The lowest BCUT2D eigenvalue weighted by Crippen LogP contribution is -2.38. The molecular weight excluding hydrogens is 334 g/mol. The molecule has 134 valence electrons. The number of pyridine rings is 1. The van der Waals surface area contributed by atoms with Gasteiger partial charge in [0.15, 0.2) is 5.65 Å². The largest absolute Gasteiger partial charge is 0.323 e. The summed E-state index contributed by atoms with van der Waals surface area (Å²) in [6.07, 6.45) is 6.52. The Morgan fingerprint density at radius 2 is 1.88 bits per heavy atom. The molecule has 8 nitrogen and oxygen atoms in total. The Kier molecular flexibility index (Phi) is 3.82. The summed E-state index contributed by atoms with van der Waals surface area (Å²) in [4.78, 5) is 42.6. The van der Waals surface area contributed by atoms with E-state index in [0.717, 1.165) is 21.6 Å². The van der Waals surface area contributed by atoms with Crippen molar-refractivity contribution >= 4 is 34.4 Å². The predicted octanol–water partition coefficient (Wildman–Crippen LogP) is 1.17. The first-order chi connectivity index (χ1) is 12.5. The first kappa shape index (κ1) is 16.4. The maximum Gasteiger partial charge on any atom is 0.244 e. The molecule has 1 N–H and O–H groups in total. The third-order valence-corrected chi connectivity index (χ3v) is 5.05. The molecule has 4 rings (SSSR count). The number of carbonyl (C=O) groups is 3. The molecule has 2 aromatic heterocycles. The number of rotatable bonds is 3. The highest BCUT2D eigenvalue weighted by atomic mass is 16.2. The van der Waals surface area contributed by atoms with Gasteiger partial charge in [-0.05, 0) is 25.8 Å². The number of hydrogen-bond acceptors (Lipinski definition) is 5. The van der Waals surface area contributed by atoms with Crippen LogP contribution in [0.25, 0.3) is 11.0 Å². The maximum atomic E-state index is 12.4. The molecule has 1 saturated heterocycles. The fourth-order valence-corrected chi connectivity index (χ4v) is 3.75. The number of imide groups is 1. The van der Waals surface area contributed by atoms with Crippen LogP contribution in [0.15, 0.2) is 24.4 Å². The Labute approximate surface area is 149 Å². The molecule has 0 bridgehead atoms. The average molecular weight is 353 g/mol. The van der Waals surface area contributed by atoms with Gasteiger partial charge in [-0.2, -0.15) is 5.10 Å². The summed E-state index contributed by atoms with van der Waals surface area (Å²) in [5, 5.41) is 7.86. The second-order valence-corrected chi connectivity index (χ2v) is 6.77. The van der Waals surface area contributed by atoms with E-state index in [1.807, 2.05) is 19.1 Å². The normalized spacial score (nSPS) is 22.2. The monoisotopic (exact) mass is 353 g/mol. The number of allylic oxidation sites excluding steroid dienone is 2. The summed E-state index contributed by atoms with van der Waals surface area (Å²) >= 11 is 0. The van der Waals surface area contributed by atoms with Crippen molar-refractivity contribution in [3.05, 3.63) is 30.1 Å². The zero-order valence-corrected chi connectivity index (χ0v) is 14.6. The quantitative estimate of drug-likeness (QED) is 0.660. The van der Waals surface area contributed by atoms with Crippen LogP contribution in [-0.2, 0) is 21.4 Å². The molecule has 3 amide bonds. The van der Waals surface area contributed by atoms with E-state index in [9.17, 15) is 14.4 Å². The van der Waals surface area contributed by atoms with Gasteiger partial charge >= 0.3 is 0 Å². The lowest BCUT2D eigenvalue weighted by molar-refractivity contribution is -0.142. The van der Waals surface area contributed by atoms with Crippen LogP contribution in [0.1, 0.15) is 18.5 Å². The summed E-state index contributed by atoms with van der Waals surface area (Å²) < 4.78 is 1.67. The van der Waals surface area contributed by atoms with Crippen molar-refractivity contribution in [3.63, 3.8) is 0 Å². The van der Waals surface area contributed by atoms with E-state index >= 15 is 0 Å². The number of nitrogens with one attached hydrogen (secondary N) is 1. The minimum Gasteiger partial charge on any atom is -0.323 e. The fourth-order valence-electron chi connectivity index (χ4n) is 3.75. The highest BCUT2D eigenvalue weighted by molar-refractivity contribution is 6.09. The van der Waals surface area contributed by atoms with Gasteiger partial charge in [-0.25, -0.2) is 4.98 Å². The van der Waals surface area contributed by atoms with Gasteiger partial charge in [0.2, 0.25) is 17.7 Å². The molecule has 0 aromatic carbocycles. The molecular formula is C18H19N5O3. The number of aromatic nitrogens is 3. The van der Waals surface area contributed by atoms with Gasteiger partial charge in [0.25, 0.3) is 0 Å². The minimum absolute atomic E-state index is 0.254. The van der Waals surface area contributed by atoms with E-state index in [0.29, 0.717) is 18.5 Å². The van der Waals surface area contributed by atoms with Gasteiger partial charge in [0.1, 0.15) is 6.54 Å². The summed E-state index contributed by atoms with van der Waals surface area (Å²) in [6, 6.07) is 1.79. The van der Waals surface area contributed by atoms with Crippen LogP contribution in [-0.4, -0.2) is 43.9 Å². The van der Waals surface area contributed by atoms with Gasteiger partial charge in [-0.15, -0.1) is 0 Å². The zero-order valence-electron chi connectivity index (χ0n) is 14.6. The Morgan fingerprint density at radius 3 is 2.54 bits per heavy atom. The van der Waals surface area contributed by atoms with Crippen molar-refractivity contribution in [1.82, 2.24) is 19.7 Å². The molecule has 0 radical (unpaired) electrons. The van der Waals surface area contributed by atoms with E-state index in [1.54, 1.807) is 24.0 Å². The van der Waals surface area contributed by atoms with Crippen molar-refractivity contribution in [2.45, 2.75) is 19.8 Å². The van der Waals surface area contributed by atoms with E-state index in [1.165, 1.54) is 0 Å². The molecule has 1 aliphatic carbocycles. The number of amides is 3. The molecule has 0 saturated carbocycles. The number of carbonyl (C=O) groups excluding carboxylic acids is 3. The molecule has 0 spiro atoms. The van der Waals surface area contributed by atoms with Crippen molar-refractivity contribution in [2.24, 2.45) is 18.9 Å². The molecule has 26 heavy (non-hydrogen) atoms. The summed E-state index contributed by atoms with van der Waals surface area (Å²) in [5.74, 6) is -1.57. The Morgan fingerprint density at radius 1 is 1.23 bits per heavy atom. The zero-order chi connectivity index (χ0) is 18.4. The van der Waals surface area contributed by atoms with Crippen LogP contribution in [0.3, 0.4) is 0 Å². The number of likely N-dealkylation sites (tertiary alicyclic amines) is 1. The maximum absolute atomic E-state index is 12.4. The number of aryl methyl sites for hydroxylation is 2. The van der Waals surface area contributed by atoms with E-state index in [4.69, 9.17) is 0 Å². The number of anilines is 1. The average Bonchev–Trinajstić information content (AvgIpc) is 3.04. The fraction of sp³-hybridized carbons (Fsp3) is 0.389. The Hall–Kier alpha value is -3.03. The standard InChI is InChI=1S/C18H19N5O3/c1-10-14-7-11(8-19-16(14)22(2)21-10)20-15(24)9-23-17(25)12-5-3-4-6-13(12)18(23)26/h3-4,7-8,12-13H,5-6,9H2,1-2H3,(H,20,24). The van der Waals surface area contributed by atoms with Crippen LogP contribution >= 0.6 is 0 Å². The summed E-state index contributed by atoms with van der Waals surface area (Å²) in [6.45, 7) is 1.60. The van der Waals surface area contributed by atoms with E-state index < -0.39 is 5.91 Å². The molecule has 1 fully saturated rings. The first-order valence-electron chi connectivity index (χ1n) is 8.55. The second-order valence-electron chi connectivity index (χ2n) is 6.77. The highest BCUT2D eigenvalue weighted by Crippen LogP contribution is 2.34. The molecule has 2 aromatic rings. The topological polar surface area (TPSA) is 97.2 Å². The molecule has 1 aliphatic heterocycles. The van der Waals surface area contributed by atoms with Crippen molar-refractivity contribution in [3.8, 4) is 0 Å². The van der Waals surface area contributed by atoms with Crippen molar-refractivity contribution in [2.75, 3.05) is 11.9 Å². The van der Waals surface area contributed by atoms with E-state index in [-0.39, 0.29) is 30.2 Å². The first-order valence-corrected chi connectivity index (χ1v) is 8.55. The van der Waals surface area contributed by atoms with Crippen LogP contribution in [0.4, 0.5) is 5.69 Å².